The maximum absolute atomic E-state index is 12.9. The number of nitrogens with one attached hydrogen (secondary N) is 1. The zero-order valence-corrected chi connectivity index (χ0v) is 16.2. The van der Waals surface area contributed by atoms with E-state index in [0.29, 0.717) is 48.7 Å². The molecule has 0 saturated carbocycles. The van der Waals surface area contributed by atoms with Crippen LogP contribution in [0.4, 0.5) is 0 Å². The van der Waals surface area contributed by atoms with E-state index in [0.717, 1.165) is 0 Å². The Morgan fingerprint density at radius 3 is 2.55 bits per heavy atom. The Hall–Kier alpha value is -3.36. The van der Waals surface area contributed by atoms with E-state index in [9.17, 15) is 14.4 Å². The minimum atomic E-state index is -0.670. The first-order valence-corrected chi connectivity index (χ1v) is 9.28. The van der Waals surface area contributed by atoms with Gasteiger partial charge in [-0.2, -0.15) is 5.10 Å². The van der Waals surface area contributed by atoms with E-state index in [4.69, 9.17) is 14.2 Å². The molecular weight excluding hydrogens is 378 g/mol. The molecule has 1 N–H and O–H groups in total. The summed E-state index contributed by atoms with van der Waals surface area (Å²) in [4.78, 5) is 38.3. The van der Waals surface area contributed by atoms with Crippen molar-refractivity contribution in [3.05, 3.63) is 45.9 Å². The number of amides is 1. The molecule has 2 aromatic rings. The van der Waals surface area contributed by atoms with E-state index in [2.05, 4.69) is 10.2 Å². The van der Waals surface area contributed by atoms with Gasteiger partial charge < -0.3 is 19.1 Å². The van der Waals surface area contributed by atoms with Crippen molar-refractivity contribution in [2.24, 2.45) is 0 Å². The number of hydrogen-bond donors (Lipinski definition) is 1. The van der Waals surface area contributed by atoms with Crippen LogP contribution in [-0.4, -0.2) is 59.7 Å². The van der Waals surface area contributed by atoms with E-state index in [1.54, 1.807) is 17.0 Å². The first kappa shape index (κ1) is 19.0. The number of piperidine rings is 1. The number of fused-ring (bicyclic) bond motifs is 1. The summed E-state index contributed by atoms with van der Waals surface area (Å²) in [7, 11) is 3.04. The second-order valence-corrected chi connectivity index (χ2v) is 7.19. The van der Waals surface area contributed by atoms with Gasteiger partial charge in [0.1, 0.15) is 34.1 Å². The highest BCUT2D eigenvalue weighted by molar-refractivity contribution is 6.03. The number of nitrogens with zero attached hydrogens (tertiary/aromatic N) is 2. The molecule has 1 fully saturated rings. The summed E-state index contributed by atoms with van der Waals surface area (Å²) >= 11 is 0. The summed E-state index contributed by atoms with van der Waals surface area (Å²) in [6, 6.07) is 6.03. The van der Waals surface area contributed by atoms with Crippen LogP contribution in [0.3, 0.4) is 0 Å². The summed E-state index contributed by atoms with van der Waals surface area (Å²) < 4.78 is 16.9. The number of carbonyl (C=O) groups excluding carboxylic acids is 2. The fourth-order valence-corrected chi connectivity index (χ4v) is 3.87. The lowest BCUT2D eigenvalue weighted by atomic mass is 9.82. The Labute approximate surface area is 166 Å². The van der Waals surface area contributed by atoms with Crippen LogP contribution in [0.1, 0.15) is 40.1 Å². The van der Waals surface area contributed by atoms with Gasteiger partial charge in [0.15, 0.2) is 5.78 Å². The molecule has 2 aliphatic rings. The van der Waals surface area contributed by atoms with Gasteiger partial charge in [-0.1, -0.05) is 0 Å². The zero-order valence-electron chi connectivity index (χ0n) is 16.2. The number of benzene rings is 1. The first-order valence-electron chi connectivity index (χ1n) is 9.28. The number of H-pyrrole nitrogens is 1. The average molecular weight is 399 g/mol. The largest absolute Gasteiger partial charge is 0.496 e. The quantitative estimate of drug-likeness (QED) is 0.831. The molecule has 152 valence electrons. The van der Waals surface area contributed by atoms with Crippen molar-refractivity contribution in [2.45, 2.75) is 24.9 Å². The van der Waals surface area contributed by atoms with Gasteiger partial charge in [0, 0.05) is 44.1 Å². The van der Waals surface area contributed by atoms with Crippen LogP contribution in [0.2, 0.25) is 0 Å². The predicted octanol–water partition coefficient (Wildman–Crippen LogP) is 1.43. The van der Waals surface area contributed by atoms with E-state index >= 15 is 0 Å². The van der Waals surface area contributed by atoms with Gasteiger partial charge in [-0.15, -0.1) is 0 Å². The summed E-state index contributed by atoms with van der Waals surface area (Å²) in [5.74, 6) is 1.10. The van der Waals surface area contributed by atoms with Gasteiger partial charge in [-0.3, -0.25) is 14.4 Å². The summed E-state index contributed by atoms with van der Waals surface area (Å²) in [5.41, 5.74) is -0.426. The van der Waals surface area contributed by atoms with E-state index in [1.165, 1.54) is 26.4 Å². The minimum absolute atomic E-state index is 0.0483. The van der Waals surface area contributed by atoms with Gasteiger partial charge >= 0.3 is 0 Å². The van der Waals surface area contributed by atoms with Crippen LogP contribution in [-0.2, 0) is 0 Å². The van der Waals surface area contributed by atoms with Gasteiger partial charge in [-0.25, -0.2) is 5.10 Å². The topological polar surface area (TPSA) is 111 Å². The molecular formula is C20H21N3O6. The third-order valence-electron chi connectivity index (χ3n) is 5.44. The second kappa shape index (κ2) is 7.23. The highest BCUT2D eigenvalue weighted by Gasteiger charge is 2.45. The Balaban J connectivity index is 1.53. The van der Waals surface area contributed by atoms with Crippen LogP contribution in [0.15, 0.2) is 29.1 Å². The van der Waals surface area contributed by atoms with Gasteiger partial charge in [0.25, 0.3) is 11.5 Å². The second-order valence-electron chi connectivity index (χ2n) is 7.19. The standard InChI is InChI=1S/C20H21N3O6/c1-27-12-9-15(28-2)18-14(24)11-20(29-16(18)10-12)5-7-23(8-6-20)19(26)13-3-4-17(25)22-21-13/h3-4,9-10H,5-8,11H2,1-2H3,(H,22,25). The van der Waals surface area contributed by atoms with Crippen molar-refractivity contribution in [1.82, 2.24) is 15.1 Å². The molecule has 1 saturated heterocycles. The number of likely N-dealkylation sites (tertiary alicyclic amines) is 1. The number of rotatable bonds is 3. The average Bonchev–Trinajstić information content (AvgIpc) is 2.73. The molecule has 1 aromatic heterocycles. The van der Waals surface area contributed by atoms with Crippen molar-refractivity contribution in [3.8, 4) is 17.2 Å². The molecule has 1 amide bonds. The number of aromatic nitrogens is 2. The molecule has 0 atom stereocenters. The van der Waals surface area contributed by atoms with Crippen molar-refractivity contribution in [2.75, 3.05) is 27.3 Å². The zero-order chi connectivity index (χ0) is 20.6. The molecule has 2 aliphatic heterocycles. The van der Waals surface area contributed by atoms with Crippen LogP contribution < -0.4 is 19.8 Å². The molecule has 1 aromatic carbocycles. The number of Topliss-reactive ketones (excluding diaryl/α,β-unsaturated/α-hetero) is 1. The molecule has 0 bridgehead atoms. The monoisotopic (exact) mass is 399 g/mol. The van der Waals surface area contributed by atoms with E-state index in [-0.39, 0.29) is 29.4 Å². The number of hydrogen-bond acceptors (Lipinski definition) is 7. The number of aromatic amines is 1. The van der Waals surface area contributed by atoms with E-state index in [1.807, 2.05) is 0 Å². The highest BCUT2D eigenvalue weighted by atomic mass is 16.5. The van der Waals surface area contributed by atoms with Crippen molar-refractivity contribution < 1.29 is 23.8 Å². The molecule has 9 nitrogen and oxygen atoms in total. The smallest absolute Gasteiger partial charge is 0.274 e. The minimum Gasteiger partial charge on any atom is -0.496 e. The van der Waals surface area contributed by atoms with Crippen LogP contribution in [0, 0.1) is 0 Å². The Morgan fingerprint density at radius 2 is 1.93 bits per heavy atom. The lowest BCUT2D eigenvalue weighted by molar-refractivity contribution is -0.00626. The predicted molar refractivity (Wildman–Crippen MR) is 102 cm³/mol. The van der Waals surface area contributed by atoms with E-state index < -0.39 is 5.60 Å². The maximum atomic E-state index is 12.9. The van der Waals surface area contributed by atoms with Crippen molar-refractivity contribution >= 4 is 11.7 Å². The maximum Gasteiger partial charge on any atom is 0.274 e. The molecule has 1 spiro atoms. The van der Waals surface area contributed by atoms with Crippen LogP contribution >= 0.6 is 0 Å². The SMILES string of the molecule is COc1cc(OC)c2c(c1)OC1(CCN(C(=O)c3ccc(=O)[nH]n3)CC1)CC2=O. The highest BCUT2D eigenvalue weighted by Crippen LogP contribution is 2.44. The Bertz CT molecular complexity index is 1000. The molecule has 0 radical (unpaired) electrons. The molecule has 29 heavy (non-hydrogen) atoms. The summed E-state index contributed by atoms with van der Waals surface area (Å²) in [6.45, 7) is 0.840. The Morgan fingerprint density at radius 1 is 1.17 bits per heavy atom. The van der Waals surface area contributed by atoms with Crippen molar-refractivity contribution in [1.29, 1.82) is 0 Å². The number of methoxy groups -OCH3 is 2. The normalized spacial score (nSPS) is 17.4. The van der Waals surface area contributed by atoms with Crippen LogP contribution in [0.25, 0.3) is 0 Å². The van der Waals surface area contributed by atoms with Crippen LogP contribution in [0.5, 0.6) is 17.2 Å². The fourth-order valence-electron chi connectivity index (χ4n) is 3.87. The lowest BCUT2D eigenvalue weighted by Crippen LogP contribution is -2.52. The molecule has 9 heteroatoms. The molecule has 0 aliphatic carbocycles. The number of ether oxygens (including phenoxy) is 3. The third-order valence-corrected chi connectivity index (χ3v) is 5.44. The Kier molecular flexibility index (Phi) is 4.73. The molecule has 4 rings (SSSR count). The van der Waals surface area contributed by atoms with Crippen molar-refractivity contribution in [3.63, 3.8) is 0 Å². The van der Waals surface area contributed by atoms with Gasteiger partial charge in [0.05, 0.1) is 20.6 Å². The first-order chi connectivity index (χ1) is 13.9. The van der Waals surface area contributed by atoms with Gasteiger partial charge in [0.2, 0.25) is 0 Å². The molecule has 3 heterocycles. The fraction of sp³-hybridized carbons (Fsp3) is 0.400. The summed E-state index contributed by atoms with van der Waals surface area (Å²) in [6.07, 6.45) is 1.24. The summed E-state index contributed by atoms with van der Waals surface area (Å²) in [5, 5.41) is 6.06. The van der Waals surface area contributed by atoms with Gasteiger partial charge in [-0.05, 0) is 6.07 Å². The number of ketones is 1. The lowest BCUT2D eigenvalue weighted by Gasteiger charge is -2.44. The number of carbonyl (C=O) groups is 2. The molecule has 0 unspecified atom stereocenters. The third kappa shape index (κ3) is 3.43.